The molecule has 0 saturated carbocycles. The largest absolute Gasteiger partial charge is 0.496 e. The molecule has 2 heterocycles. The SMILES string of the molecule is COc1cc(-c2cnc(-c3ccc(C(F)(F)F)cc3)s2)c(OC)cc1-c1cnc(-c2ccc(C(F)(F)F)cc2)s1. The molecule has 0 saturated heterocycles. The molecule has 12 heteroatoms. The average molecular weight is 593 g/mol. The number of methoxy groups -OCH3 is 2. The van der Waals surface area contributed by atoms with Crippen molar-refractivity contribution in [3.05, 3.63) is 84.2 Å². The Morgan fingerprint density at radius 3 is 1.23 bits per heavy atom. The predicted octanol–water partition coefficient (Wildman–Crippen LogP) is 9.32. The fourth-order valence-electron chi connectivity index (χ4n) is 3.95. The predicted molar refractivity (Wildman–Crippen MR) is 143 cm³/mol. The summed E-state index contributed by atoms with van der Waals surface area (Å²) < 4.78 is 88.8. The highest BCUT2D eigenvalue weighted by Crippen LogP contribution is 2.45. The molecule has 0 fully saturated rings. The number of aromatic nitrogens is 2. The van der Waals surface area contributed by atoms with Crippen LogP contribution in [0.2, 0.25) is 0 Å². The van der Waals surface area contributed by atoms with Crippen LogP contribution in [0.25, 0.3) is 42.0 Å². The number of benzene rings is 3. The van der Waals surface area contributed by atoms with E-state index in [1.165, 1.54) is 61.2 Å². The van der Waals surface area contributed by atoms with Crippen molar-refractivity contribution in [1.29, 1.82) is 0 Å². The van der Waals surface area contributed by atoms with Gasteiger partial charge in [0.05, 0.1) is 35.1 Å². The molecule has 0 spiro atoms. The summed E-state index contributed by atoms with van der Waals surface area (Å²) in [5.41, 5.74) is 0.969. The van der Waals surface area contributed by atoms with E-state index in [1.54, 1.807) is 24.5 Å². The van der Waals surface area contributed by atoms with Crippen LogP contribution >= 0.6 is 22.7 Å². The van der Waals surface area contributed by atoms with Gasteiger partial charge in [-0.05, 0) is 36.4 Å². The van der Waals surface area contributed by atoms with Gasteiger partial charge in [0.25, 0.3) is 0 Å². The topological polar surface area (TPSA) is 44.2 Å². The minimum Gasteiger partial charge on any atom is -0.496 e. The fraction of sp³-hybridized carbons (Fsp3) is 0.143. The summed E-state index contributed by atoms with van der Waals surface area (Å²) in [6.07, 6.45) is -5.61. The molecule has 0 aliphatic heterocycles. The van der Waals surface area contributed by atoms with Crippen molar-refractivity contribution in [2.75, 3.05) is 14.2 Å². The molecule has 5 rings (SSSR count). The summed E-state index contributed by atoms with van der Waals surface area (Å²) in [5.74, 6) is 1.01. The van der Waals surface area contributed by atoms with Gasteiger partial charge in [0.15, 0.2) is 0 Å². The monoisotopic (exact) mass is 592 g/mol. The first kappa shape index (κ1) is 27.7. The Hall–Kier alpha value is -3.90. The Balaban J connectivity index is 1.46. The first-order chi connectivity index (χ1) is 19.0. The van der Waals surface area contributed by atoms with E-state index in [9.17, 15) is 26.3 Å². The highest BCUT2D eigenvalue weighted by atomic mass is 32.1. The molecule has 0 aliphatic carbocycles. The molecule has 40 heavy (non-hydrogen) atoms. The summed E-state index contributed by atoms with van der Waals surface area (Å²) in [6.45, 7) is 0. The van der Waals surface area contributed by atoms with E-state index in [0.29, 0.717) is 53.5 Å². The zero-order valence-corrected chi connectivity index (χ0v) is 22.4. The molecule has 0 aliphatic rings. The van der Waals surface area contributed by atoms with Crippen LogP contribution < -0.4 is 9.47 Å². The van der Waals surface area contributed by atoms with E-state index < -0.39 is 23.5 Å². The lowest BCUT2D eigenvalue weighted by Gasteiger charge is -2.13. The second kappa shape index (κ2) is 10.6. The van der Waals surface area contributed by atoms with E-state index in [4.69, 9.17) is 9.47 Å². The lowest BCUT2D eigenvalue weighted by Crippen LogP contribution is -2.03. The summed E-state index contributed by atoms with van der Waals surface area (Å²) in [5, 5.41) is 1.08. The van der Waals surface area contributed by atoms with Gasteiger partial charge in [-0.3, -0.25) is 0 Å². The second-order valence-corrected chi connectivity index (χ2v) is 10.5. The lowest BCUT2D eigenvalue weighted by atomic mass is 10.1. The minimum absolute atomic E-state index is 0.503. The smallest absolute Gasteiger partial charge is 0.416 e. The second-order valence-electron chi connectivity index (χ2n) is 8.46. The van der Waals surface area contributed by atoms with E-state index in [2.05, 4.69) is 9.97 Å². The quantitative estimate of drug-likeness (QED) is 0.184. The number of nitrogens with zero attached hydrogens (tertiary/aromatic N) is 2. The van der Waals surface area contributed by atoms with Crippen molar-refractivity contribution in [1.82, 2.24) is 9.97 Å². The highest BCUT2D eigenvalue weighted by molar-refractivity contribution is 7.18. The lowest BCUT2D eigenvalue weighted by molar-refractivity contribution is -0.138. The maximum absolute atomic E-state index is 12.9. The Kier molecular flexibility index (Phi) is 7.32. The van der Waals surface area contributed by atoms with Crippen LogP contribution in [0.5, 0.6) is 11.5 Å². The number of halogens is 6. The number of rotatable bonds is 6. The molecule has 0 unspecified atom stereocenters. The number of thiazole rings is 2. The molecule has 0 amide bonds. The van der Waals surface area contributed by atoms with E-state index in [0.717, 1.165) is 24.3 Å². The third kappa shape index (κ3) is 5.54. The zero-order chi connectivity index (χ0) is 28.7. The van der Waals surface area contributed by atoms with Crippen molar-refractivity contribution in [3.63, 3.8) is 0 Å². The van der Waals surface area contributed by atoms with Crippen molar-refractivity contribution >= 4 is 22.7 Å². The van der Waals surface area contributed by atoms with Crippen molar-refractivity contribution in [3.8, 4) is 53.5 Å². The van der Waals surface area contributed by atoms with Crippen LogP contribution in [0.4, 0.5) is 26.3 Å². The van der Waals surface area contributed by atoms with Gasteiger partial charge in [-0.15, -0.1) is 22.7 Å². The Labute approximate surface area is 232 Å². The van der Waals surface area contributed by atoms with Crippen LogP contribution in [-0.4, -0.2) is 24.2 Å². The number of alkyl halides is 6. The normalized spacial score (nSPS) is 12.0. The first-order valence-electron chi connectivity index (χ1n) is 11.5. The Morgan fingerprint density at radius 1 is 0.575 bits per heavy atom. The van der Waals surface area contributed by atoms with Gasteiger partial charge in [0, 0.05) is 34.6 Å². The molecule has 4 nitrogen and oxygen atoms in total. The molecular formula is C28H18F6N2O2S2. The van der Waals surface area contributed by atoms with Crippen LogP contribution in [0, 0.1) is 0 Å². The Morgan fingerprint density at radius 2 is 0.925 bits per heavy atom. The fourth-order valence-corrected chi connectivity index (χ4v) is 5.84. The maximum Gasteiger partial charge on any atom is 0.416 e. The molecule has 0 atom stereocenters. The Bertz CT molecular complexity index is 1520. The van der Waals surface area contributed by atoms with E-state index >= 15 is 0 Å². The molecule has 2 aromatic heterocycles. The molecule has 0 radical (unpaired) electrons. The van der Waals surface area contributed by atoms with Crippen molar-refractivity contribution in [2.24, 2.45) is 0 Å². The van der Waals surface area contributed by atoms with Crippen LogP contribution in [0.1, 0.15) is 11.1 Å². The zero-order valence-electron chi connectivity index (χ0n) is 20.7. The van der Waals surface area contributed by atoms with Crippen LogP contribution in [0.3, 0.4) is 0 Å². The summed E-state index contributed by atoms with van der Waals surface area (Å²) in [7, 11) is 3.01. The minimum atomic E-state index is -4.42. The van der Waals surface area contributed by atoms with E-state index in [1.807, 2.05) is 0 Å². The van der Waals surface area contributed by atoms with E-state index in [-0.39, 0.29) is 0 Å². The standard InChI is InChI=1S/C28H18F6N2O2S2/c1-37-21-11-20(24-14-36-26(40-24)16-5-9-18(10-6-16)28(32,33)34)22(38-2)12-19(21)23-13-35-25(39-23)15-3-7-17(8-4-15)27(29,30)31/h3-14H,1-2H3. The van der Waals surface area contributed by atoms with Gasteiger partial charge in [-0.2, -0.15) is 26.3 Å². The van der Waals surface area contributed by atoms with Crippen molar-refractivity contribution < 1.29 is 35.8 Å². The number of ether oxygens (including phenoxy) is 2. The van der Waals surface area contributed by atoms with Gasteiger partial charge in [-0.25, -0.2) is 9.97 Å². The summed E-state index contributed by atoms with van der Waals surface area (Å²) in [6, 6.07) is 13.1. The van der Waals surface area contributed by atoms with Gasteiger partial charge in [0.1, 0.15) is 21.5 Å². The summed E-state index contributed by atoms with van der Waals surface area (Å²) in [4.78, 5) is 10.2. The number of hydrogen-bond acceptors (Lipinski definition) is 6. The molecule has 0 N–H and O–H groups in total. The van der Waals surface area contributed by atoms with Crippen molar-refractivity contribution in [2.45, 2.75) is 12.4 Å². The maximum atomic E-state index is 12.9. The average Bonchev–Trinajstić information content (AvgIpc) is 3.62. The first-order valence-corrected chi connectivity index (χ1v) is 13.1. The van der Waals surface area contributed by atoms with Crippen LogP contribution in [-0.2, 0) is 12.4 Å². The third-order valence-electron chi connectivity index (χ3n) is 5.98. The number of hydrogen-bond donors (Lipinski definition) is 0. The highest BCUT2D eigenvalue weighted by Gasteiger charge is 2.31. The van der Waals surface area contributed by atoms with Gasteiger partial charge in [0.2, 0.25) is 0 Å². The van der Waals surface area contributed by atoms with Gasteiger partial charge in [-0.1, -0.05) is 24.3 Å². The summed E-state index contributed by atoms with van der Waals surface area (Å²) >= 11 is 2.58. The molecule has 3 aromatic carbocycles. The molecule has 206 valence electrons. The third-order valence-corrected chi connectivity index (χ3v) is 8.14. The van der Waals surface area contributed by atoms with Gasteiger partial charge < -0.3 is 9.47 Å². The van der Waals surface area contributed by atoms with Crippen LogP contribution in [0.15, 0.2) is 73.1 Å². The van der Waals surface area contributed by atoms with Gasteiger partial charge >= 0.3 is 12.4 Å². The molecule has 5 aromatic rings. The molecular weight excluding hydrogens is 574 g/mol. The molecule has 0 bridgehead atoms.